The van der Waals surface area contributed by atoms with Crippen LogP contribution in [0.5, 0.6) is 11.6 Å². The van der Waals surface area contributed by atoms with E-state index < -0.39 is 0 Å². The van der Waals surface area contributed by atoms with Crippen molar-refractivity contribution in [3.63, 3.8) is 0 Å². The third-order valence-electron chi connectivity index (χ3n) is 4.48. The van der Waals surface area contributed by atoms with E-state index in [0.29, 0.717) is 30.6 Å². The molecule has 1 atom stereocenters. The molecule has 3 aromatic rings. The number of ether oxygens (including phenoxy) is 2. The van der Waals surface area contributed by atoms with Gasteiger partial charge >= 0.3 is 0 Å². The molecular formula is C18H22N4O3S. The smallest absolute Gasteiger partial charge is 0.230 e. The van der Waals surface area contributed by atoms with Gasteiger partial charge in [-0.2, -0.15) is 4.52 Å². The van der Waals surface area contributed by atoms with E-state index in [2.05, 4.69) is 21.0 Å². The summed E-state index contributed by atoms with van der Waals surface area (Å²) in [5, 5.41) is 15.2. The number of aryl methyl sites for hydroxylation is 1. The zero-order valence-electron chi connectivity index (χ0n) is 14.9. The molecule has 8 heteroatoms. The Morgan fingerprint density at radius 2 is 2.08 bits per heavy atom. The summed E-state index contributed by atoms with van der Waals surface area (Å²) < 4.78 is 12.9. The molecule has 138 valence electrons. The van der Waals surface area contributed by atoms with E-state index in [-0.39, 0.29) is 11.9 Å². The molecular weight excluding hydrogens is 352 g/mol. The van der Waals surface area contributed by atoms with Crippen LogP contribution in [-0.4, -0.2) is 57.5 Å². The number of thiazole rings is 1. The van der Waals surface area contributed by atoms with Gasteiger partial charge in [0.25, 0.3) is 0 Å². The second-order valence-corrected chi connectivity index (χ2v) is 7.17. The van der Waals surface area contributed by atoms with Crippen molar-refractivity contribution in [2.24, 2.45) is 0 Å². The largest absolute Gasteiger partial charge is 0.494 e. The molecule has 0 radical (unpaired) electrons. The van der Waals surface area contributed by atoms with Crippen LogP contribution in [0.1, 0.15) is 29.2 Å². The first kappa shape index (κ1) is 17.3. The summed E-state index contributed by atoms with van der Waals surface area (Å²) in [6, 6.07) is 7.88. The molecule has 4 rings (SSSR count). The Morgan fingerprint density at radius 1 is 1.31 bits per heavy atom. The monoisotopic (exact) mass is 374 g/mol. The van der Waals surface area contributed by atoms with Gasteiger partial charge in [0.05, 0.1) is 30.7 Å². The molecule has 1 saturated heterocycles. The Balaban J connectivity index is 1.85. The Bertz CT molecular complexity index is 901. The molecule has 0 amide bonds. The van der Waals surface area contributed by atoms with E-state index in [1.54, 1.807) is 0 Å². The van der Waals surface area contributed by atoms with E-state index in [0.717, 1.165) is 29.3 Å². The van der Waals surface area contributed by atoms with Crippen molar-refractivity contribution in [3.8, 4) is 11.6 Å². The molecule has 26 heavy (non-hydrogen) atoms. The average Bonchev–Trinajstić information content (AvgIpc) is 3.16. The van der Waals surface area contributed by atoms with Gasteiger partial charge in [-0.05, 0) is 19.9 Å². The number of benzene rings is 1. The third-order valence-corrected chi connectivity index (χ3v) is 5.55. The minimum Gasteiger partial charge on any atom is -0.494 e. The Labute approximate surface area is 155 Å². The number of fused-ring (bicyclic) bond motifs is 1. The Kier molecular flexibility index (Phi) is 4.80. The SMILES string of the molecule is CCOc1ccccc1C(c1sc2nc(C)nn2c1O)N1CCOCC1. The van der Waals surface area contributed by atoms with Gasteiger partial charge in [0, 0.05) is 18.7 Å². The summed E-state index contributed by atoms with van der Waals surface area (Å²) >= 11 is 1.47. The Morgan fingerprint density at radius 3 is 2.81 bits per heavy atom. The number of hydrogen-bond acceptors (Lipinski definition) is 7. The highest BCUT2D eigenvalue weighted by Crippen LogP contribution is 2.42. The van der Waals surface area contributed by atoms with Gasteiger partial charge in [0.2, 0.25) is 10.8 Å². The van der Waals surface area contributed by atoms with Crippen molar-refractivity contribution in [3.05, 3.63) is 40.5 Å². The molecule has 1 aliphatic heterocycles. The van der Waals surface area contributed by atoms with Crippen LogP contribution in [0.2, 0.25) is 0 Å². The van der Waals surface area contributed by atoms with Crippen LogP contribution in [0.4, 0.5) is 0 Å². The first-order valence-corrected chi connectivity index (χ1v) is 9.59. The maximum atomic E-state index is 10.9. The lowest BCUT2D eigenvalue weighted by Gasteiger charge is -2.34. The van der Waals surface area contributed by atoms with E-state index in [1.165, 1.54) is 15.9 Å². The average molecular weight is 374 g/mol. The highest BCUT2D eigenvalue weighted by Gasteiger charge is 2.32. The van der Waals surface area contributed by atoms with Gasteiger partial charge in [-0.3, -0.25) is 4.90 Å². The molecule has 0 aliphatic carbocycles. The van der Waals surface area contributed by atoms with Crippen LogP contribution in [0.3, 0.4) is 0 Å². The van der Waals surface area contributed by atoms with Gasteiger partial charge in [-0.1, -0.05) is 29.5 Å². The first-order chi connectivity index (χ1) is 12.7. The first-order valence-electron chi connectivity index (χ1n) is 8.77. The minimum atomic E-state index is -0.129. The number of nitrogens with zero attached hydrogens (tertiary/aromatic N) is 4. The molecule has 2 aromatic heterocycles. The fourth-order valence-corrected chi connectivity index (χ4v) is 4.51. The zero-order valence-corrected chi connectivity index (χ0v) is 15.7. The molecule has 0 saturated carbocycles. The van der Waals surface area contributed by atoms with Crippen molar-refractivity contribution in [1.82, 2.24) is 19.5 Å². The van der Waals surface area contributed by atoms with Crippen LogP contribution in [-0.2, 0) is 4.74 Å². The fraction of sp³-hybridized carbons (Fsp3) is 0.444. The molecule has 1 aromatic carbocycles. The molecule has 1 unspecified atom stereocenters. The quantitative estimate of drug-likeness (QED) is 0.740. The van der Waals surface area contributed by atoms with Crippen molar-refractivity contribution in [1.29, 1.82) is 0 Å². The summed E-state index contributed by atoms with van der Waals surface area (Å²) in [6.45, 7) is 7.32. The molecule has 1 aliphatic rings. The van der Waals surface area contributed by atoms with Crippen LogP contribution in [0, 0.1) is 6.92 Å². The van der Waals surface area contributed by atoms with Crippen LogP contribution in [0.15, 0.2) is 24.3 Å². The van der Waals surface area contributed by atoms with Crippen molar-refractivity contribution < 1.29 is 14.6 Å². The zero-order chi connectivity index (χ0) is 18.1. The van der Waals surface area contributed by atoms with Crippen molar-refractivity contribution in [2.45, 2.75) is 19.9 Å². The Hall–Kier alpha value is -2.16. The van der Waals surface area contributed by atoms with Gasteiger partial charge in [0.15, 0.2) is 0 Å². The summed E-state index contributed by atoms with van der Waals surface area (Å²) in [4.78, 5) is 8.25. The van der Waals surface area contributed by atoms with E-state index in [9.17, 15) is 5.11 Å². The maximum absolute atomic E-state index is 10.9. The summed E-state index contributed by atoms with van der Waals surface area (Å²) in [7, 11) is 0. The summed E-state index contributed by atoms with van der Waals surface area (Å²) in [5.41, 5.74) is 1.03. The molecule has 3 heterocycles. The minimum absolute atomic E-state index is 0.129. The van der Waals surface area contributed by atoms with E-state index >= 15 is 0 Å². The highest BCUT2D eigenvalue weighted by molar-refractivity contribution is 7.17. The lowest BCUT2D eigenvalue weighted by Crippen LogP contribution is -2.39. The predicted molar refractivity (Wildman–Crippen MR) is 99.1 cm³/mol. The topological polar surface area (TPSA) is 72.1 Å². The van der Waals surface area contributed by atoms with Gasteiger partial charge in [0.1, 0.15) is 11.6 Å². The van der Waals surface area contributed by atoms with Crippen molar-refractivity contribution >= 4 is 16.3 Å². The number of aromatic nitrogens is 3. The second-order valence-electron chi connectivity index (χ2n) is 6.17. The van der Waals surface area contributed by atoms with Gasteiger partial charge in [-0.25, -0.2) is 4.98 Å². The number of morpholine rings is 1. The molecule has 1 N–H and O–H groups in total. The second kappa shape index (κ2) is 7.22. The molecule has 0 spiro atoms. The standard InChI is InChI=1S/C18H22N4O3S/c1-3-25-14-7-5-4-6-13(14)15(21-8-10-24-11-9-21)16-17(23)22-18(26-16)19-12(2)20-22/h4-7,15,23H,3,8-11H2,1-2H3. The lowest BCUT2D eigenvalue weighted by molar-refractivity contribution is 0.0236. The molecule has 7 nitrogen and oxygen atoms in total. The van der Waals surface area contributed by atoms with Crippen molar-refractivity contribution in [2.75, 3.05) is 32.9 Å². The summed E-state index contributed by atoms with van der Waals surface area (Å²) in [6.07, 6.45) is 0. The van der Waals surface area contributed by atoms with Crippen LogP contribution < -0.4 is 4.74 Å². The molecule has 1 fully saturated rings. The fourth-order valence-electron chi connectivity index (χ4n) is 3.36. The number of para-hydroxylation sites is 1. The van der Waals surface area contributed by atoms with Gasteiger partial charge < -0.3 is 14.6 Å². The lowest BCUT2D eigenvalue weighted by atomic mass is 10.0. The number of hydrogen-bond donors (Lipinski definition) is 1. The number of aromatic hydroxyl groups is 1. The van der Waals surface area contributed by atoms with Crippen LogP contribution in [0.25, 0.3) is 4.96 Å². The molecule has 0 bridgehead atoms. The highest BCUT2D eigenvalue weighted by atomic mass is 32.1. The van der Waals surface area contributed by atoms with E-state index in [1.807, 2.05) is 32.0 Å². The maximum Gasteiger partial charge on any atom is 0.230 e. The van der Waals surface area contributed by atoms with Gasteiger partial charge in [-0.15, -0.1) is 5.10 Å². The van der Waals surface area contributed by atoms with Crippen LogP contribution >= 0.6 is 11.3 Å². The van der Waals surface area contributed by atoms with E-state index in [4.69, 9.17) is 9.47 Å². The predicted octanol–water partition coefficient (Wildman–Crippen LogP) is 2.63. The summed E-state index contributed by atoms with van der Waals surface area (Å²) in [5.74, 6) is 1.63. The third kappa shape index (κ3) is 3.04. The normalized spacial score (nSPS) is 16.8. The number of rotatable bonds is 5.